The Labute approximate surface area is 121 Å². The van der Waals surface area contributed by atoms with Crippen LogP contribution in [0.25, 0.3) is 0 Å². The fourth-order valence-electron chi connectivity index (χ4n) is 2.40. The molecule has 1 fully saturated rings. The fourth-order valence-corrected chi connectivity index (χ4v) is 2.40. The van der Waals surface area contributed by atoms with Crippen molar-refractivity contribution in [2.45, 2.75) is 12.3 Å². The first-order valence-electron chi connectivity index (χ1n) is 6.78. The minimum absolute atomic E-state index is 0.0625. The Morgan fingerprint density at radius 3 is 2.57 bits per heavy atom. The summed E-state index contributed by atoms with van der Waals surface area (Å²) in [7, 11) is 1.30. The lowest BCUT2D eigenvalue weighted by atomic mass is 10.0. The van der Waals surface area contributed by atoms with Gasteiger partial charge in [-0.25, -0.2) is 0 Å². The number of hydrogen-bond donors (Lipinski definition) is 2. The summed E-state index contributed by atoms with van der Waals surface area (Å²) in [5.41, 5.74) is -0.401. The monoisotopic (exact) mass is 304 g/mol. The van der Waals surface area contributed by atoms with Crippen LogP contribution in [0.3, 0.4) is 0 Å². The van der Waals surface area contributed by atoms with Crippen LogP contribution in [0.4, 0.5) is 13.2 Å². The first-order valence-corrected chi connectivity index (χ1v) is 6.78. The first kappa shape index (κ1) is 16.1. The van der Waals surface area contributed by atoms with E-state index < -0.39 is 17.8 Å². The van der Waals surface area contributed by atoms with Gasteiger partial charge in [0.05, 0.1) is 18.8 Å². The molecule has 1 aliphatic rings. The number of benzene rings is 1. The quantitative estimate of drug-likeness (QED) is 0.888. The molecule has 0 radical (unpaired) electrons. The number of nitrogens with one attached hydrogen (secondary N) is 1. The maximum atomic E-state index is 12.7. The van der Waals surface area contributed by atoms with Crippen LogP contribution >= 0.6 is 0 Å². The highest BCUT2D eigenvalue weighted by atomic mass is 19.4. The molecule has 1 aromatic rings. The van der Waals surface area contributed by atoms with Gasteiger partial charge in [0.1, 0.15) is 5.75 Å². The molecule has 1 aliphatic heterocycles. The number of halogens is 3. The molecule has 0 aromatic heterocycles. The number of β-amino-alcohol motifs (C(OH)–C–C–N with tert-alkyl or cyclic N) is 1. The number of ether oxygens (including phenoxy) is 1. The Morgan fingerprint density at radius 1 is 1.33 bits per heavy atom. The molecule has 2 N–H and O–H groups in total. The molecule has 2 rings (SSSR count). The van der Waals surface area contributed by atoms with Crippen molar-refractivity contribution >= 4 is 0 Å². The molecule has 0 aliphatic carbocycles. The van der Waals surface area contributed by atoms with Crippen LogP contribution in [0, 0.1) is 0 Å². The third kappa shape index (κ3) is 4.09. The molecular weight excluding hydrogens is 285 g/mol. The van der Waals surface area contributed by atoms with Gasteiger partial charge in [0.2, 0.25) is 0 Å². The van der Waals surface area contributed by atoms with Crippen LogP contribution in [0.2, 0.25) is 0 Å². The average Bonchev–Trinajstić information content (AvgIpc) is 2.46. The van der Waals surface area contributed by atoms with Crippen molar-refractivity contribution in [2.24, 2.45) is 0 Å². The molecule has 0 amide bonds. The average molecular weight is 304 g/mol. The highest BCUT2D eigenvalue weighted by molar-refractivity contribution is 5.40. The standard InChI is InChI=1S/C14H19F3N2O2/c1-21-13-8-10(14(15,16)17)2-3-11(13)12(20)9-19-6-4-18-5-7-19/h2-3,8,12,18,20H,4-7,9H2,1H3. The number of hydrogen-bond acceptors (Lipinski definition) is 4. The zero-order valence-corrected chi connectivity index (χ0v) is 11.8. The predicted molar refractivity (Wildman–Crippen MR) is 72.3 cm³/mol. The Hall–Kier alpha value is -1.31. The summed E-state index contributed by atoms with van der Waals surface area (Å²) in [4.78, 5) is 2.07. The van der Waals surface area contributed by atoms with Crippen molar-refractivity contribution in [3.05, 3.63) is 29.3 Å². The zero-order valence-electron chi connectivity index (χ0n) is 11.8. The lowest BCUT2D eigenvalue weighted by molar-refractivity contribution is -0.137. The Bertz CT molecular complexity index is 474. The molecule has 0 spiro atoms. The number of aliphatic hydroxyl groups is 1. The Kier molecular flexibility index (Phi) is 5.08. The predicted octanol–water partition coefficient (Wildman–Crippen LogP) is 1.65. The number of methoxy groups -OCH3 is 1. The molecule has 21 heavy (non-hydrogen) atoms. The largest absolute Gasteiger partial charge is 0.496 e. The smallest absolute Gasteiger partial charge is 0.416 e. The van der Waals surface area contributed by atoms with E-state index in [1.54, 1.807) is 0 Å². The van der Waals surface area contributed by atoms with Gasteiger partial charge in [-0.1, -0.05) is 6.07 Å². The van der Waals surface area contributed by atoms with Gasteiger partial charge in [-0.15, -0.1) is 0 Å². The summed E-state index contributed by atoms with van der Waals surface area (Å²) >= 11 is 0. The minimum Gasteiger partial charge on any atom is -0.496 e. The highest BCUT2D eigenvalue weighted by Gasteiger charge is 2.32. The van der Waals surface area contributed by atoms with Crippen LogP contribution in [-0.2, 0) is 6.18 Å². The number of rotatable bonds is 4. The Morgan fingerprint density at radius 2 is 2.00 bits per heavy atom. The van der Waals surface area contributed by atoms with E-state index in [0.29, 0.717) is 12.1 Å². The molecule has 1 saturated heterocycles. The van der Waals surface area contributed by atoms with Crippen LogP contribution < -0.4 is 10.1 Å². The number of aliphatic hydroxyl groups excluding tert-OH is 1. The molecular formula is C14H19F3N2O2. The van der Waals surface area contributed by atoms with Crippen molar-refractivity contribution in [2.75, 3.05) is 39.8 Å². The van der Waals surface area contributed by atoms with Gasteiger partial charge in [-0.2, -0.15) is 13.2 Å². The number of alkyl halides is 3. The van der Waals surface area contributed by atoms with E-state index in [1.165, 1.54) is 13.2 Å². The Balaban J connectivity index is 2.14. The number of nitrogens with zero attached hydrogens (tertiary/aromatic N) is 1. The summed E-state index contributed by atoms with van der Waals surface area (Å²) in [5.74, 6) is 0.0625. The van der Waals surface area contributed by atoms with Crippen LogP contribution in [0.5, 0.6) is 5.75 Å². The van der Waals surface area contributed by atoms with E-state index in [9.17, 15) is 18.3 Å². The normalized spacial score (nSPS) is 18.5. The molecule has 1 heterocycles. The lowest BCUT2D eigenvalue weighted by Gasteiger charge is -2.29. The lowest BCUT2D eigenvalue weighted by Crippen LogP contribution is -2.45. The second kappa shape index (κ2) is 6.64. The van der Waals surface area contributed by atoms with Gasteiger partial charge < -0.3 is 15.2 Å². The number of piperazine rings is 1. The van der Waals surface area contributed by atoms with Crippen molar-refractivity contribution < 1.29 is 23.0 Å². The molecule has 1 atom stereocenters. The van der Waals surface area contributed by atoms with Gasteiger partial charge in [0.15, 0.2) is 0 Å². The molecule has 4 nitrogen and oxygen atoms in total. The highest BCUT2D eigenvalue weighted by Crippen LogP contribution is 2.35. The molecule has 7 heteroatoms. The van der Waals surface area contributed by atoms with Crippen molar-refractivity contribution in [3.8, 4) is 5.75 Å². The zero-order chi connectivity index (χ0) is 15.5. The SMILES string of the molecule is COc1cc(C(F)(F)F)ccc1C(O)CN1CCNCC1. The van der Waals surface area contributed by atoms with Crippen molar-refractivity contribution in [1.82, 2.24) is 10.2 Å². The summed E-state index contributed by atoms with van der Waals surface area (Å²) in [6, 6.07) is 3.18. The van der Waals surface area contributed by atoms with E-state index in [0.717, 1.165) is 38.3 Å². The van der Waals surface area contributed by atoms with Crippen LogP contribution in [-0.4, -0.2) is 49.8 Å². The third-order valence-corrected chi connectivity index (χ3v) is 3.56. The topological polar surface area (TPSA) is 44.7 Å². The summed E-state index contributed by atoms with van der Waals surface area (Å²) in [6.07, 6.45) is -5.30. The van der Waals surface area contributed by atoms with Crippen molar-refractivity contribution in [3.63, 3.8) is 0 Å². The van der Waals surface area contributed by atoms with Gasteiger partial charge in [-0.3, -0.25) is 4.90 Å². The van der Waals surface area contributed by atoms with E-state index >= 15 is 0 Å². The maximum absolute atomic E-state index is 12.7. The summed E-state index contributed by atoms with van der Waals surface area (Å²) < 4.78 is 43.0. The molecule has 1 unspecified atom stereocenters. The first-order chi connectivity index (χ1) is 9.91. The molecule has 1 aromatic carbocycles. The minimum atomic E-state index is -4.42. The van der Waals surface area contributed by atoms with Gasteiger partial charge in [0.25, 0.3) is 0 Å². The molecule has 118 valence electrons. The second-order valence-electron chi connectivity index (χ2n) is 5.02. The summed E-state index contributed by atoms with van der Waals surface area (Å²) in [6.45, 7) is 3.68. The van der Waals surface area contributed by atoms with E-state index in [1.807, 2.05) is 0 Å². The van der Waals surface area contributed by atoms with Crippen LogP contribution in [0.15, 0.2) is 18.2 Å². The van der Waals surface area contributed by atoms with Gasteiger partial charge in [-0.05, 0) is 12.1 Å². The fraction of sp³-hybridized carbons (Fsp3) is 0.571. The van der Waals surface area contributed by atoms with E-state index in [2.05, 4.69) is 10.2 Å². The summed E-state index contributed by atoms with van der Waals surface area (Å²) in [5, 5.41) is 13.5. The van der Waals surface area contributed by atoms with Gasteiger partial charge in [0, 0.05) is 38.3 Å². The van der Waals surface area contributed by atoms with E-state index in [-0.39, 0.29) is 5.75 Å². The molecule has 0 bridgehead atoms. The van der Waals surface area contributed by atoms with E-state index in [4.69, 9.17) is 4.74 Å². The van der Waals surface area contributed by atoms with Crippen LogP contribution in [0.1, 0.15) is 17.2 Å². The van der Waals surface area contributed by atoms with Gasteiger partial charge >= 0.3 is 6.18 Å². The van der Waals surface area contributed by atoms with Crippen molar-refractivity contribution in [1.29, 1.82) is 0 Å². The maximum Gasteiger partial charge on any atom is 0.416 e. The third-order valence-electron chi connectivity index (χ3n) is 3.56. The molecule has 0 saturated carbocycles. The second-order valence-corrected chi connectivity index (χ2v) is 5.02.